The van der Waals surface area contributed by atoms with Crippen LogP contribution < -0.4 is 11.0 Å². The van der Waals surface area contributed by atoms with Gasteiger partial charge in [0.15, 0.2) is 0 Å². The predicted molar refractivity (Wildman–Crippen MR) is 108 cm³/mol. The second-order valence-electron chi connectivity index (χ2n) is 6.23. The molecule has 1 amide bonds. The summed E-state index contributed by atoms with van der Waals surface area (Å²) in [7, 11) is 1.84. The molecule has 11 heteroatoms. The fraction of sp³-hybridized carbons (Fsp3) is 0.167. The van der Waals surface area contributed by atoms with Crippen molar-refractivity contribution in [2.75, 3.05) is 0 Å². The Morgan fingerprint density at radius 3 is 2.69 bits per heavy atom. The van der Waals surface area contributed by atoms with Gasteiger partial charge in [-0.1, -0.05) is 23.7 Å². The summed E-state index contributed by atoms with van der Waals surface area (Å²) >= 11 is 7.34. The maximum Gasteiger partial charge on any atom is 0.369 e. The van der Waals surface area contributed by atoms with Crippen LogP contribution in [0.15, 0.2) is 59.0 Å². The van der Waals surface area contributed by atoms with E-state index in [1.54, 1.807) is 30.6 Å². The smallest absolute Gasteiger partial charge is 0.340 e. The van der Waals surface area contributed by atoms with Gasteiger partial charge in [0.25, 0.3) is 0 Å². The minimum Gasteiger partial charge on any atom is -0.340 e. The molecule has 9 nitrogen and oxygen atoms in total. The second-order valence-corrected chi connectivity index (χ2v) is 7.59. The lowest BCUT2D eigenvalue weighted by atomic mass is 10.1. The zero-order valence-corrected chi connectivity index (χ0v) is 16.8. The molecule has 0 radical (unpaired) electrons. The Balaban J connectivity index is 1.57. The second kappa shape index (κ2) is 8.02. The Morgan fingerprint density at radius 1 is 1.24 bits per heavy atom. The highest BCUT2D eigenvalue weighted by molar-refractivity contribution is 7.12. The molecule has 0 aliphatic heterocycles. The number of nitrogens with one attached hydrogen (secondary N) is 1. The monoisotopic (exact) mass is 429 g/mol. The van der Waals surface area contributed by atoms with Gasteiger partial charge in [-0.2, -0.15) is 9.36 Å². The molecule has 0 spiro atoms. The van der Waals surface area contributed by atoms with E-state index in [1.807, 2.05) is 35.2 Å². The van der Waals surface area contributed by atoms with Crippen LogP contribution >= 0.6 is 22.9 Å². The number of tetrazole rings is 1. The Hall–Kier alpha value is -3.24. The fourth-order valence-corrected chi connectivity index (χ4v) is 3.65. The van der Waals surface area contributed by atoms with Gasteiger partial charge in [0.2, 0.25) is 5.91 Å². The summed E-state index contributed by atoms with van der Waals surface area (Å²) in [5, 5.41) is 13.6. The van der Waals surface area contributed by atoms with Crippen molar-refractivity contribution in [2.24, 2.45) is 7.05 Å². The van der Waals surface area contributed by atoms with Crippen LogP contribution in [0.25, 0.3) is 5.00 Å². The molecule has 4 aromatic rings. The number of carbonyl (C=O) groups excluding carboxylic acids is 1. The van der Waals surface area contributed by atoms with E-state index in [0.717, 1.165) is 14.9 Å². The van der Waals surface area contributed by atoms with Crippen LogP contribution in [0.4, 0.5) is 0 Å². The molecular formula is C18H16ClN7O2S. The van der Waals surface area contributed by atoms with Crippen molar-refractivity contribution in [3.05, 3.63) is 81.1 Å². The molecular weight excluding hydrogens is 414 g/mol. The topological polar surface area (TPSA) is 99.6 Å². The van der Waals surface area contributed by atoms with Crippen molar-refractivity contribution in [1.82, 2.24) is 34.7 Å². The van der Waals surface area contributed by atoms with Gasteiger partial charge in [0.05, 0.1) is 0 Å². The third kappa shape index (κ3) is 3.98. The molecule has 1 aromatic carbocycles. The van der Waals surface area contributed by atoms with Gasteiger partial charge in [-0.15, -0.1) is 11.3 Å². The molecule has 29 heavy (non-hydrogen) atoms. The molecule has 148 valence electrons. The zero-order chi connectivity index (χ0) is 20.4. The average molecular weight is 430 g/mol. The first kappa shape index (κ1) is 19.1. The molecule has 0 bridgehead atoms. The standard InChI is InChI=1S/C18H16ClN7O2S/c1-24-9-8-20-17(24)16(12-4-6-13(19)7-5-12)21-14(27)11-25-18(28)26(23-22-25)15-3-2-10-29-15/h2-10,16H,11H2,1H3,(H,21,27)/t16-/m0/s1. The number of amides is 1. The van der Waals surface area contributed by atoms with Crippen LogP contribution in [0.3, 0.4) is 0 Å². The van der Waals surface area contributed by atoms with Gasteiger partial charge < -0.3 is 9.88 Å². The van der Waals surface area contributed by atoms with E-state index in [2.05, 4.69) is 20.7 Å². The number of hydrogen-bond acceptors (Lipinski definition) is 6. The first-order valence-electron chi connectivity index (χ1n) is 8.61. The molecule has 0 aliphatic carbocycles. The van der Waals surface area contributed by atoms with E-state index >= 15 is 0 Å². The lowest BCUT2D eigenvalue weighted by Gasteiger charge is -2.19. The highest BCUT2D eigenvalue weighted by atomic mass is 35.5. The Labute approximate surface area is 174 Å². The molecule has 0 saturated heterocycles. The van der Waals surface area contributed by atoms with Crippen molar-refractivity contribution in [1.29, 1.82) is 0 Å². The SMILES string of the molecule is Cn1ccnc1[C@@H](NC(=O)Cn1nnn(-c2cccs2)c1=O)c1ccc(Cl)cc1. The number of benzene rings is 1. The van der Waals surface area contributed by atoms with Crippen molar-refractivity contribution >= 4 is 28.8 Å². The van der Waals surface area contributed by atoms with E-state index in [0.29, 0.717) is 15.8 Å². The molecule has 0 saturated carbocycles. The first-order chi connectivity index (χ1) is 14.0. The lowest BCUT2D eigenvalue weighted by molar-refractivity contribution is -0.122. The molecule has 3 aromatic heterocycles. The summed E-state index contributed by atoms with van der Waals surface area (Å²) < 4.78 is 4.00. The maximum absolute atomic E-state index is 12.7. The van der Waals surface area contributed by atoms with Crippen LogP contribution in [-0.4, -0.2) is 35.2 Å². The van der Waals surface area contributed by atoms with Crippen LogP contribution in [0, 0.1) is 0 Å². The fourth-order valence-electron chi connectivity index (χ4n) is 2.85. The summed E-state index contributed by atoms with van der Waals surface area (Å²) in [6.45, 7) is -0.265. The van der Waals surface area contributed by atoms with Crippen molar-refractivity contribution < 1.29 is 4.79 Å². The van der Waals surface area contributed by atoms with E-state index < -0.39 is 17.6 Å². The van der Waals surface area contributed by atoms with E-state index in [1.165, 1.54) is 11.3 Å². The van der Waals surface area contributed by atoms with Crippen molar-refractivity contribution in [3.8, 4) is 5.00 Å². The van der Waals surface area contributed by atoms with Crippen molar-refractivity contribution in [3.63, 3.8) is 0 Å². The third-order valence-electron chi connectivity index (χ3n) is 4.27. The van der Waals surface area contributed by atoms with Gasteiger partial charge >= 0.3 is 5.69 Å². The number of hydrogen-bond donors (Lipinski definition) is 1. The number of carbonyl (C=O) groups is 1. The Bertz CT molecular complexity index is 1180. The van der Waals surface area contributed by atoms with E-state index in [4.69, 9.17) is 11.6 Å². The number of imidazole rings is 1. The van der Waals surface area contributed by atoms with Gasteiger partial charge in [-0.25, -0.2) is 9.78 Å². The molecule has 1 atom stereocenters. The molecule has 0 unspecified atom stereocenters. The quantitative estimate of drug-likeness (QED) is 0.503. The number of aryl methyl sites for hydroxylation is 1. The van der Waals surface area contributed by atoms with E-state index in [-0.39, 0.29) is 6.54 Å². The number of nitrogens with zero attached hydrogens (tertiary/aromatic N) is 6. The number of rotatable bonds is 6. The highest BCUT2D eigenvalue weighted by Gasteiger charge is 2.22. The summed E-state index contributed by atoms with van der Waals surface area (Å²) in [6, 6.07) is 10.2. The van der Waals surface area contributed by atoms with Gasteiger partial charge in [-0.3, -0.25) is 4.79 Å². The molecule has 1 N–H and O–H groups in total. The largest absolute Gasteiger partial charge is 0.369 e. The van der Waals surface area contributed by atoms with Crippen LogP contribution in [-0.2, 0) is 18.4 Å². The molecule has 0 aliphatic rings. The number of halogens is 1. The maximum atomic E-state index is 12.7. The predicted octanol–water partition coefficient (Wildman–Crippen LogP) is 1.78. The Morgan fingerprint density at radius 2 is 2.03 bits per heavy atom. The van der Waals surface area contributed by atoms with Crippen LogP contribution in [0.1, 0.15) is 17.4 Å². The summed E-state index contributed by atoms with van der Waals surface area (Å²) in [6.07, 6.45) is 3.45. The normalized spacial score (nSPS) is 12.1. The lowest BCUT2D eigenvalue weighted by Crippen LogP contribution is -2.36. The molecule has 3 heterocycles. The number of thiophene rings is 1. The number of aromatic nitrogens is 6. The highest BCUT2D eigenvalue weighted by Crippen LogP contribution is 2.22. The van der Waals surface area contributed by atoms with Gasteiger partial charge in [0.1, 0.15) is 23.4 Å². The minimum atomic E-state index is -0.511. The zero-order valence-electron chi connectivity index (χ0n) is 15.3. The van der Waals surface area contributed by atoms with Gasteiger partial charge in [0, 0.05) is 24.5 Å². The summed E-state index contributed by atoms with van der Waals surface area (Å²) in [5.74, 6) is 0.253. The first-order valence-corrected chi connectivity index (χ1v) is 9.87. The minimum absolute atomic E-state index is 0.265. The Kier molecular flexibility index (Phi) is 5.28. The van der Waals surface area contributed by atoms with Crippen molar-refractivity contribution in [2.45, 2.75) is 12.6 Å². The summed E-state index contributed by atoms with van der Waals surface area (Å²) in [5.41, 5.74) is 0.328. The third-order valence-corrected chi connectivity index (χ3v) is 5.37. The summed E-state index contributed by atoms with van der Waals surface area (Å²) in [4.78, 5) is 29.5. The average Bonchev–Trinajstić information content (AvgIpc) is 3.44. The van der Waals surface area contributed by atoms with Gasteiger partial charge in [-0.05, 0) is 45.6 Å². The molecule has 4 rings (SSSR count). The van der Waals surface area contributed by atoms with Crippen LogP contribution in [0.5, 0.6) is 0 Å². The van der Waals surface area contributed by atoms with Crippen LogP contribution in [0.2, 0.25) is 5.02 Å². The molecule has 0 fully saturated rings. The van der Waals surface area contributed by atoms with E-state index in [9.17, 15) is 9.59 Å².